The highest BCUT2D eigenvalue weighted by Gasteiger charge is 2.35. The molecule has 2 aromatic carbocycles. The number of rotatable bonds is 5. The van der Waals surface area contributed by atoms with Crippen molar-refractivity contribution in [1.82, 2.24) is 4.90 Å². The Morgan fingerprint density at radius 1 is 1.11 bits per heavy atom. The van der Waals surface area contributed by atoms with Crippen LogP contribution in [0.25, 0.3) is 0 Å². The van der Waals surface area contributed by atoms with Gasteiger partial charge >= 0.3 is 5.97 Å². The summed E-state index contributed by atoms with van der Waals surface area (Å²) in [5, 5.41) is 31.3. The van der Waals surface area contributed by atoms with Crippen molar-refractivity contribution >= 4 is 29.2 Å². The van der Waals surface area contributed by atoms with Gasteiger partial charge in [0.05, 0.1) is 16.9 Å². The van der Waals surface area contributed by atoms with E-state index in [-0.39, 0.29) is 33.6 Å². The second kappa shape index (κ2) is 8.07. The van der Waals surface area contributed by atoms with Gasteiger partial charge in [0.25, 0.3) is 5.91 Å². The summed E-state index contributed by atoms with van der Waals surface area (Å²) >= 11 is 0. The van der Waals surface area contributed by atoms with E-state index in [4.69, 9.17) is 5.21 Å². The maximum Gasteiger partial charge on any atom is 0.337 e. The Hall–Kier alpha value is -3.43. The molecule has 1 unspecified atom stereocenters. The second-order valence-electron chi connectivity index (χ2n) is 6.32. The van der Waals surface area contributed by atoms with Crippen molar-refractivity contribution in [3.63, 3.8) is 0 Å². The number of hydrogen-bond acceptors (Lipinski definition) is 6. The number of amides is 2. The van der Waals surface area contributed by atoms with E-state index >= 15 is 0 Å². The molecule has 0 aliphatic carbocycles. The number of carboxylic acid groups (broad SMARTS) is 1. The van der Waals surface area contributed by atoms with E-state index in [1.54, 1.807) is 12.1 Å². The number of benzene rings is 2. The largest absolute Gasteiger partial charge is 0.733 e. The summed E-state index contributed by atoms with van der Waals surface area (Å²) in [6, 6.07) is 10.7. The molecule has 1 atom stereocenters. The Morgan fingerprint density at radius 3 is 2.43 bits per heavy atom. The third-order valence-corrected chi connectivity index (χ3v) is 4.57. The molecule has 146 valence electrons. The van der Waals surface area contributed by atoms with Gasteiger partial charge in [0, 0.05) is 12.1 Å². The third-order valence-electron chi connectivity index (χ3n) is 4.57. The molecule has 9 heteroatoms. The summed E-state index contributed by atoms with van der Waals surface area (Å²) in [6.07, 6.45) is 1.09. The number of carbonyl (C=O) groups is 3. The summed E-state index contributed by atoms with van der Waals surface area (Å²) in [5.74, 6) is -2.00. The lowest BCUT2D eigenvalue weighted by Gasteiger charge is -2.25. The highest BCUT2D eigenvalue weighted by atomic mass is 16.8. The highest BCUT2D eigenvalue weighted by molar-refractivity contribution is 6.04. The first kappa shape index (κ1) is 19.3. The molecular weight excluding hydrogens is 366 g/mol. The molecular formula is C19H18N3O6-. The van der Waals surface area contributed by atoms with E-state index in [2.05, 4.69) is 5.32 Å². The predicted octanol–water partition coefficient (Wildman–Crippen LogP) is 2.32. The molecule has 1 saturated heterocycles. The first-order valence-electron chi connectivity index (χ1n) is 8.59. The van der Waals surface area contributed by atoms with Crippen LogP contribution in [-0.2, 0) is 4.79 Å². The van der Waals surface area contributed by atoms with Crippen molar-refractivity contribution in [2.45, 2.75) is 18.9 Å². The third kappa shape index (κ3) is 3.95. The van der Waals surface area contributed by atoms with Crippen molar-refractivity contribution in [3.8, 4) is 0 Å². The Labute approximate surface area is 160 Å². The second-order valence-corrected chi connectivity index (χ2v) is 6.32. The van der Waals surface area contributed by atoms with Crippen LogP contribution in [0.2, 0.25) is 0 Å². The fourth-order valence-corrected chi connectivity index (χ4v) is 3.17. The number of para-hydroxylation sites is 1. The van der Waals surface area contributed by atoms with Gasteiger partial charge < -0.3 is 25.8 Å². The van der Waals surface area contributed by atoms with Crippen LogP contribution in [0.5, 0.6) is 0 Å². The standard InChI is InChI=1S/C19H18N3O6/c23-17(20-15-5-2-1-4-14(15)19(25)26)16-6-3-11-21(16)18(24)12-7-9-13(10-8-12)22(27)28/h1-2,4-5,7-10,16,27H,3,6,11H2,(H,20,23)(H,25,26)/q-1. The molecule has 3 N–H and O–H groups in total. The summed E-state index contributed by atoms with van der Waals surface area (Å²) in [6.45, 7) is 0.382. The lowest BCUT2D eigenvalue weighted by atomic mass is 10.1. The Balaban J connectivity index is 1.76. The smallest absolute Gasteiger partial charge is 0.337 e. The molecule has 1 heterocycles. The predicted molar refractivity (Wildman–Crippen MR) is 100 cm³/mol. The summed E-state index contributed by atoms with van der Waals surface area (Å²) in [7, 11) is 0. The molecule has 0 spiro atoms. The summed E-state index contributed by atoms with van der Waals surface area (Å²) in [5.41, 5.74) is 0.393. The lowest BCUT2D eigenvalue weighted by molar-refractivity contribution is -0.119. The van der Waals surface area contributed by atoms with E-state index < -0.39 is 17.9 Å². The number of carbonyl (C=O) groups excluding carboxylic acids is 2. The molecule has 28 heavy (non-hydrogen) atoms. The fourth-order valence-electron chi connectivity index (χ4n) is 3.17. The maximum absolute atomic E-state index is 12.8. The van der Waals surface area contributed by atoms with Crippen LogP contribution >= 0.6 is 0 Å². The molecule has 1 fully saturated rings. The van der Waals surface area contributed by atoms with Crippen LogP contribution in [0, 0.1) is 5.21 Å². The molecule has 0 bridgehead atoms. The van der Waals surface area contributed by atoms with Gasteiger partial charge in [0.2, 0.25) is 5.91 Å². The van der Waals surface area contributed by atoms with Crippen molar-refractivity contribution < 1.29 is 24.7 Å². The minimum atomic E-state index is -1.16. The van der Waals surface area contributed by atoms with Crippen LogP contribution < -0.4 is 10.5 Å². The average Bonchev–Trinajstić information content (AvgIpc) is 3.17. The van der Waals surface area contributed by atoms with E-state index in [0.717, 1.165) is 0 Å². The first-order valence-corrected chi connectivity index (χ1v) is 8.59. The minimum absolute atomic E-state index is 0.0162. The molecule has 1 aliphatic heterocycles. The topological polar surface area (TPSA) is 133 Å². The molecule has 1 aliphatic rings. The molecule has 0 aromatic heterocycles. The van der Waals surface area contributed by atoms with E-state index in [9.17, 15) is 24.7 Å². The quantitative estimate of drug-likeness (QED) is 0.674. The van der Waals surface area contributed by atoms with Crippen LogP contribution in [0.1, 0.15) is 33.6 Å². The number of nitrogens with one attached hydrogen (secondary N) is 1. The molecule has 0 radical (unpaired) electrons. The van der Waals surface area contributed by atoms with Crippen molar-refractivity contribution in [3.05, 3.63) is 64.9 Å². The Kier molecular flexibility index (Phi) is 5.57. The zero-order chi connectivity index (χ0) is 20.3. The molecule has 2 amide bonds. The van der Waals surface area contributed by atoms with Gasteiger partial charge in [-0.2, -0.15) is 0 Å². The van der Waals surface area contributed by atoms with E-state index in [0.29, 0.717) is 19.4 Å². The summed E-state index contributed by atoms with van der Waals surface area (Å²) < 4.78 is 0. The van der Waals surface area contributed by atoms with E-state index in [1.807, 2.05) is 0 Å². The molecule has 2 aromatic rings. The van der Waals surface area contributed by atoms with Crippen LogP contribution in [0.15, 0.2) is 48.5 Å². The summed E-state index contributed by atoms with van der Waals surface area (Å²) in [4.78, 5) is 38.2. The molecule has 0 saturated carbocycles. The highest BCUT2D eigenvalue weighted by Crippen LogP contribution is 2.24. The van der Waals surface area contributed by atoms with Gasteiger partial charge in [-0.05, 0) is 49.2 Å². The molecule has 9 nitrogen and oxygen atoms in total. The number of carboxylic acids is 1. The van der Waals surface area contributed by atoms with Crippen molar-refractivity contribution in [2.75, 3.05) is 17.1 Å². The van der Waals surface area contributed by atoms with Crippen LogP contribution in [0.3, 0.4) is 0 Å². The van der Waals surface area contributed by atoms with Crippen molar-refractivity contribution in [1.29, 1.82) is 0 Å². The fraction of sp³-hybridized carbons (Fsp3) is 0.211. The number of likely N-dealkylation sites (tertiary alicyclic amines) is 1. The SMILES string of the molecule is O=C(O)c1ccccc1NC(=O)C1CCCN1C(=O)c1ccc(N([O-])O)cc1. The number of nitrogens with zero attached hydrogens (tertiary/aromatic N) is 2. The van der Waals surface area contributed by atoms with Gasteiger partial charge in [0.1, 0.15) is 6.04 Å². The van der Waals surface area contributed by atoms with Gasteiger partial charge in [-0.1, -0.05) is 12.1 Å². The van der Waals surface area contributed by atoms with Gasteiger partial charge in [-0.15, -0.1) is 0 Å². The van der Waals surface area contributed by atoms with Gasteiger partial charge in [-0.25, -0.2) is 4.79 Å². The maximum atomic E-state index is 12.8. The Morgan fingerprint density at radius 2 is 1.79 bits per heavy atom. The van der Waals surface area contributed by atoms with Gasteiger partial charge in [-0.3, -0.25) is 14.8 Å². The number of anilines is 2. The van der Waals surface area contributed by atoms with Crippen LogP contribution in [0.4, 0.5) is 11.4 Å². The van der Waals surface area contributed by atoms with Gasteiger partial charge in [0.15, 0.2) is 0 Å². The average molecular weight is 384 g/mol. The minimum Gasteiger partial charge on any atom is -0.733 e. The van der Waals surface area contributed by atoms with Crippen LogP contribution in [-0.4, -0.2) is 45.6 Å². The number of aromatic carboxylic acids is 1. The van der Waals surface area contributed by atoms with Crippen molar-refractivity contribution in [2.24, 2.45) is 0 Å². The van der Waals surface area contributed by atoms with E-state index in [1.165, 1.54) is 41.3 Å². The molecule has 3 rings (SSSR count). The lowest BCUT2D eigenvalue weighted by Crippen LogP contribution is -2.43. The zero-order valence-corrected chi connectivity index (χ0v) is 14.7. The Bertz CT molecular complexity index is 897. The number of hydrogen-bond donors (Lipinski definition) is 3. The normalized spacial score (nSPS) is 15.9. The monoisotopic (exact) mass is 384 g/mol. The first-order chi connectivity index (χ1) is 13.4. The zero-order valence-electron chi connectivity index (χ0n) is 14.7.